The van der Waals surface area contributed by atoms with Crippen LogP contribution in [0.5, 0.6) is 0 Å². The molecule has 2 aliphatic heterocycles. The topological polar surface area (TPSA) is 39.5 Å². The molecule has 0 bridgehead atoms. The van der Waals surface area contributed by atoms with Gasteiger partial charge in [-0.15, -0.1) is 0 Å². The van der Waals surface area contributed by atoms with Crippen molar-refractivity contribution < 1.29 is 26.5 Å². The minimum atomic E-state index is -0.220. The molecule has 2 aliphatic rings. The molecule has 25 heavy (non-hydrogen) atoms. The van der Waals surface area contributed by atoms with Crippen molar-refractivity contribution in [3.8, 4) is 0 Å². The molecular formula is C19H25BrN3O2-. The Morgan fingerprint density at radius 1 is 1.28 bits per heavy atom. The number of aromatic nitrogens is 2. The summed E-state index contributed by atoms with van der Waals surface area (Å²) in [5.41, 5.74) is 2.33. The Labute approximate surface area is 159 Å². The van der Waals surface area contributed by atoms with Gasteiger partial charge in [0.25, 0.3) is 0 Å². The van der Waals surface area contributed by atoms with E-state index in [9.17, 15) is 0 Å². The van der Waals surface area contributed by atoms with Gasteiger partial charge in [0.2, 0.25) is 0 Å². The van der Waals surface area contributed by atoms with Crippen LogP contribution in [0.1, 0.15) is 36.7 Å². The maximum Gasteiger partial charge on any atom is 0.184 e. The van der Waals surface area contributed by atoms with Crippen molar-refractivity contribution in [1.29, 1.82) is 0 Å². The molecule has 1 saturated heterocycles. The van der Waals surface area contributed by atoms with Gasteiger partial charge in [-0.1, -0.05) is 24.3 Å². The van der Waals surface area contributed by atoms with Crippen molar-refractivity contribution in [2.24, 2.45) is 0 Å². The van der Waals surface area contributed by atoms with Gasteiger partial charge in [0.1, 0.15) is 5.60 Å². The van der Waals surface area contributed by atoms with E-state index in [0.717, 1.165) is 32.6 Å². The molecule has 136 valence electrons. The number of halogens is 1. The van der Waals surface area contributed by atoms with E-state index in [0.29, 0.717) is 0 Å². The summed E-state index contributed by atoms with van der Waals surface area (Å²) in [6.07, 6.45) is 8.96. The molecule has 0 amide bonds. The van der Waals surface area contributed by atoms with Gasteiger partial charge in [-0.2, -0.15) is 0 Å². The molecule has 4 rings (SSSR count). The molecule has 1 spiro atoms. The SMILES string of the molecule is COC1OC2(CCN(CCCCn3ccnc3)C2)c2ccccc21.[Br-]. The van der Waals surface area contributed by atoms with Gasteiger partial charge in [-0.3, -0.25) is 4.90 Å². The molecule has 0 aliphatic carbocycles. The van der Waals surface area contributed by atoms with E-state index < -0.39 is 0 Å². The molecule has 1 aromatic heterocycles. The van der Waals surface area contributed by atoms with E-state index in [1.54, 1.807) is 7.11 Å². The summed E-state index contributed by atoms with van der Waals surface area (Å²) in [4.78, 5) is 6.62. The highest BCUT2D eigenvalue weighted by atomic mass is 79.9. The van der Waals surface area contributed by atoms with Crippen molar-refractivity contribution >= 4 is 0 Å². The third-order valence-corrected chi connectivity index (χ3v) is 5.26. The predicted octanol–water partition coefficient (Wildman–Crippen LogP) is -0.0563. The second-order valence-corrected chi connectivity index (χ2v) is 6.80. The first-order chi connectivity index (χ1) is 11.8. The van der Waals surface area contributed by atoms with E-state index in [-0.39, 0.29) is 28.9 Å². The lowest BCUT2D eigenvalue weighted by molar-refractivity contribution is -0.183. The highest BCUT2D eigenvalue weighted by Gasteiger charge is 2.49. The third-order valence-electron chi connectivity index (χ3n) is 5.26. The number of hydrogen-bond donors (Lipinski definition) is 0. The predicted molar refractivity (Wildman–Crippen MR) is 91.5 cm³/mol. The summed E-state index contributed by atoms with van der Waals surface area (Å²) >= 11 is 0. The maximum atomic E-state index is 6.35. The molecule has 2 aromatic rings. The highest BCUT2D eigenvalue weighted by molar-refractivity contribution is 5.38. The molecule has 1 aromatic carbocycles. The summed E-state index contributed by atoms with van der Waals surface area (Å²) < 4.78 is 14.0. The Bertz CT molecular complexity index is 679. The van der Waals surface area contributed by atoms with E-state index in [4.69, 9.17) is 9.47 Å². The Morgan fingerprint density at radius 2 is 2.12 bits per heavy atom. The second kappa shape index (κ2) is 7.99. The first kappa shape index (κ1) is 18.6. The van der Waals surface area contributed by atoms with Crippen LogP contribution in [0.15, 0.2) is 43.0 Å². The number of likely N-dealkylation sites (tertiary alicyclic amines) is 1. The standard InChI is InChI=1S/C19H25N3O2.BrH/c1-23-18-16-6-2-3-7-17(16)19(24-18)8-12-21(14-19)10-4-5-11-22-13-9-20-15-22;/h2-3,6-7,9,13,15,18H,4-5,8,10-12,14H2,1H3;1H/p-1. The number of nitrogens with zero attached hydrogens (tertiary/aromatic N) is 3. The number of unbranched alkanes of at least 4 members (excludes halogenated alkanes) is 1. The molecule has 6 heteroatoms. The van der Waals surface area contributed by atoms with Crippen LogP contribution in [0.3, 0.4) is 0 Å². The van der Waals surface area contributed by atoms with Crippen LogP contribution in [0.4, 0.5) is 0 Å². The van der Waals surface area contributed by atoms with Crippen molar-refractivity contribution in [2.75, 3.05) is 26.7 Å². The minimum Gasteiger partial charge on any atom is -1.00 e. The van der Waals surface area contributed by atoms with Crippen molar-refractivity contribution in [3.63, 3.8) is 0 Å². The molecule has 3 heterocycles. The fraction of sp³-hybridized carbons (Fsp3) is 0.526. The van der Waals surface area contributed by atoms with Gasteiger partial charge in [0.05, 0.1) is 6.33 Å². The number of fused-ring (bicyclic) bond motifs is 2. The lowest BCUT2D eigenvalue weighted by Gasteiger charge is -2.25. The zero-order chi connectivity index (χ0) is 16.4. The van der Waals surface area contributed by atoms with Gasteiger partial charge >= 0.3 is 0 Å². The molecule has 0 saturated carbocycles. The minimum absolute atomic E-state index is 0. The van der Waals surface area contributed by atoms with Gasteiger partial charge < -0.3 is 31.0 Å². The summed E-state index contributed by atoms with van der Waals surface area (Å²) in [6, 6.07) is 8.51. The van der Waals surface area contributed by atoms with E-state index in [1.807, 2.05) is 18.7 Å². The lowest BCUT2D eigenvalue weighted by atomic mass is 9.91. The van der Waals surface area contributed by atoms with Gasteiger partial charge in [0, 0.05) is 44.7 Å². The summed E-state index contributed by atoms with van der Waals surface area (Å²) in [6.45, 7) is 4.23. The number of methoxy groups -OCH3 is 1. The van der Waals surface area contributed by atoms with E-state index in [2.05, 4.69) is 38.7 Å². The molecule has 1 fully saturated rings. The third kappa shape index (κ3) is 3.67. The van der Waals surface area contributed by atoms with Crippen molar-refractivity contribution in [2.45, 2.75) is 37.7 Å². The number of hydrogen-bond acceptors (Lipinski definition) is 4. The van der Waals surface area contributed by atoms with Crippen molar-refractivity contribution in [1.82, 2.24) is 14.5 Å². The van der Waals surface area contributed by atoms with Crippen LogP contribution < -0.4 is 17.0 Å². The van der Waals surface area contributed by atoms with E-state index >= 15 is 0 Å². The van der Waals surface area contributed by atoms with Crippen LogP contribution in [0.2, 0.25) is 0 Å². The summed E-state index contributed by atoms with van der Waals surface area (Å²) in [7, 11) is 1.73. The first-order valence-corrected chi connectivity index (χ1v) is 8.79. The van der Waals surface area contributed by atoms with Crippen LogP contribution in [-0.4, -0.2) is 41.2 Å². The zero-order valence-electron chi connectivity index (χ0n) is 14.6. The average molecular weight is 407 g/mol. The molecule has 2 atom stereocenters. The molecule has 0 N–H and O–H groups in total. The normalized spacial score (nSPS) is 25.2. The highest BCUT2D eigenvalue weighted by Crippen LogP contribution is 2.48. The van der Waals surface area contributed by atoms with Crippen LogP contribution in [-0.2, 0) is 21.6 Å². The Morgan fingerprint density at radius 3 is 2.92 bits per heavy atom. The van der Waals surface area contributed by atoms with Crippen molar-refractivity contribution in [3.05, 3.63) is 54.1 Å². The van der Waals surface area contributed by atoms with Crippen LogP contribution in [0.25, 0.3) is 0 Å². The zero-order valence-corrected chi connectivity index (χ0v) is 16.2. The van der Waals surface area contributed by atoms with Gasteiger partial charge in [0.15, 0.2) is 6.29 Å². The Hall–Kier alpha value is -1.21. The fourth-order valence-electron chi connectivity index (χ4n) is 4.04. The number of rotatable bonds is 6. The smallest absolute Gasteiger partial charge is 0.184 e. The largest absolute Gasteiger partial charge is 1.00 e. The van der Waals surface area contributed by atoms with E-state index in [1.165, 1.54) is 24.0 Å². The van der Waals surface area contributed by atoms with Gasteiger partial charge in [-0.05, 0) is 31.4 Å². The number of ether oxygens (including phenoxy) is 2. The Balaban J connectivity index is 0.00000182. The second-order valence-electron chi connectivity index (χ2n) is 6.80. The first-order valence-electron chi connectivity index (χ1n) is 8.79. The summed E-state index contributed by atoms with van der Waals surface area (Å²) in [5.74, 6) is 0. The molecule has 0 radical (unpaired) electrons. The summed E-state index contributed by atoms with van der Waals surface area (Å²) in [5, 5.41) is 0. The Kier molecular flexibility index (Phi) is 5.94. The number of benzene rings is 1. The van der Waals surface area contributed by atoms with Gasteiger partial charge in [-0.25, -0.2) is 4.98 Å². The monoisotopic (exact) mass is 406 g/mol. The quantitative estimate of drug-likeness (QED) is 0.630. The fourth-order valence-corrected chi connectivity index (χ4v) is 4.04. The number of aryl methyl sites for hydroxylation is 1. The lowest BCUT2D eigenvalue weighted by Crippen LogP contribution is -3.00. The molecular weight excluding hydrogens is 382 g/mol. The maximum absolute atomic E-state index is 6.35. The average Bonchev–Trinajstić information content (AvgIpc) is 3.33. The molecule has 5 nitrogen and oxygen atoms in total. The van der Waals surface area contributed by atoms with Crippen LogP contribution in [0, 0.1) is 0 Å². The number of imidazole rings is 1. The molecule has 2 unspecified atom stereocenters. The van der Waals surface area contributed by atoms with Crippen LogP contribution >= 0.6 is 0 Å².